The van der Waals surface area contributed by atoms with Gasteiger partial charge in [-0.25, -0.2) is 4.79 Å². The third-order valence-corrected chi connectivity index (χ3v) is 7.34. The first kappa shape index (κ1) is 24.8. The van der Waals surface area contributed by atoms with Crippen molar-refractivity contribution in [3.63, 3.8) is 0 Å². The van der Waals surface area contributed by atoms with Gasteiger partial charge in [-0.1, -0.05) is 12.1 Å². The van der Waals surface area contributed by atoms with Gasteiger partial charge in [-0.2, -0.15) is 0 Å². The lowest BCUT2D eigenvalue weighted by atomic mass is 9.99. The molecule has 2 aromatic heterocycles. The Balaban J connectivity index is 1.63. The van der Waals surface area contributed by atoms with E-state index in [4.69, 9.17) is 14.2 Å². The zero-order chi connectivity index (χ0) is 25.2. The fourth-order valence-electron chi connectivity index (χ4n) is 5.44. The molecular weight excluding hydrogens is 454 g/mol. The smallest absolute Gasteiger partial charge is 0.338 e. The summed E-state index contributed by atoms with van der Waals surface area (Å²) in [5.41, 5.74) is 7.19. The molecule has 1 unspecified atom stereocenters. The number of pyridine rings is 1. The van der Waals surface area contributed by atoms with E-state index in [2.05, 4.69) is 57.7 Å². The number of rotatable bonds is 6. The van der Waals surface area contributed by atoms with Gasteiger partial charge in [0.25, 0.3) is 0 Å². The van der Waals surface area contributed by atoms with Gasteiger partial charge in [-0.05, 0) is 63.1 Å². The molecule has 7 heteroatoms. The van der Waals surface area contributed by atoms with E-state index < -0.39 is 0 Å². The van der Waals surface area contributed by atoms with E-state index in [0.29, 0.717) is 5.56 Å². The van der Waals surface area contributed by atoms with E-state index in [1.165, 1.54) is 5.69 Å². The van der Waals surface area contributed by atoms with Crippen molar-refractivity contribution in [2.45, 2.75) is 39.8 Å². The van der Waals surface area contributed by atoms with Crippen LogP contribution in [-0.2, 0) is 14.2 Å². The van der Waals surface area contributed by atoms with E-state index in [1.54, 1.807) is 0 Å². The van der Waals surface area contributed by atoms with Gasteiger partial charge < -0.3 is 23.5 Å². The van der Waals surface area contributed by atoms with E-state index in [1.807, 2.05) is 26.8 Å². The maximum atomic E-state index is 13.2. The van der Waals surface area contributed by atoms with Crippen LogP contribution in [0.5, 0.6) is 0 Å². The Bertz CT molecular complexity index is 1220. The predicted octanol–water partition coefficient (Wildman–Crippen LogP) is 4.71. The van der Waals surface area contributed by atoms with Gasteiger partial charge in [0, 0.05) is 55.4 Å². The monoisotopic (exact) mass is 491 g/mol. The Morgan fingerprint density at radius 1 is 0.944 bits per heavy atom. The summed E-state index contributed by atoms with van der Waals surface area (Å²) in [5, 5.41) is 0. The second-order valence-electron chi connectivity index (χ2n) is 9.98. The van der Waals surface area contributed by atoms with Crippen LogP contribution in [-0.4, -0.2) is 74.0 Å². The summed E-state index contributed by atoms with van der Waals surface area (Å²) in [6.45, 7) is 14.6. The Morgan fingerprint density at radius 2 is 1.64 bits per heavy atom. The Kier molecular flexibility index (Phi) is 7.32. The Labute approximate surface area is 213 Å². The number of morpholine rings is 2. The third-order valence-electron chi connectivity index (χ3n) is 7.34. The number of benzene rings is 1. The number of carbonyl (C=O) groups excluding carboxylic acids is 1. The molecule has 1 atom stereocenters. The number of hydrogen-bond acceptors (Lipinski definition) is 6. The normalized spacial score (nSPS) is 18.1. The quantitative estimate of drug-likeness (QED) is 0.466. The van der Waals surface area contributed by atoms with Crippen LogP contribution in [0.2, 0.25) is 0 Å². The average Bonchev–Trinajstić information content (AvgIpc) is 3.32. The van der Waals surface area contributed by atoms with Crippen LogP contribution in [0.3, 0.4) is 0 Å². The SMILES string of the molecule is Cc1c(C(=O)OC(C)C)cc2c(-c3cccc(N4CCOCC4)c3)ccn2c1C(C)N1CCOCC1. The summed E-state index contributed by atoms with van der Waals surface area (Å²) in [5.74, 6) is -0.269. The maximum absolute atomic E-state index is 13.2. The Hall–Kier alpha value is -2.87. The molecule has 0 radical (unpaired) electrons. The van der Waals surface area contributed by atoms with E-state index >= 15 is 0 Å². The summed E-state index contributed by atoms with van der Waals surface area (Å²) in [6.07, 6.45) is 1.97. The summed E-state index contributed by atoms with van der Waals surface area (Å²) < 4.78 is 19.1. The van der Waals surface area contributed by atoms with Crippen molar-refractivity contribution in [2.24, 2.45) is 0 Å². The third kappa shape index (κ3) is 4.88. The van der Waals surface area contributed by atoms with Crippen LogP contribution in [0.1, 0.15) is 48.4 Å². The van der Waals surface area contributed by atoms with Gasteiger partial charge in [0.05, 0.1) is 43.6 Å². The van der Waals surface area contributed by atoms with Crippen molar-refractivity contribution in [1.29, 1.82) is 0 Å². The fraction of sp³-hybridized carbons (Fsp3) is 0.483. The van der Waals surface area contributed by atoms with Crippen molar-refractivity contribution in [3.05, 3.63) is 59.4 Å². The molecule has 0 spiro atoms. The van der Waals surface area contributed by atoms with Gasteiger partial charge in [0.2, 0.25) is 0 Å². The molecule has 0 saturated carbocycles. The molecule has 36 heavy (non-hydrogen) atoms. The van der Waals surface area contributed by atoms with Gasteiger partial charge in [-0.3, -0.25) is 4.90 Å². The minimum atomic E-state index is -0.269. The molecule has 0 amide bonds. The standard InChI is InChI=1S/C29H37N3O4/c1-20(2)36-29(33)26-19-27-25(23-6-5-7-24(18-23)31-12-16-35-17-13-31)8-9-32(27)28(21(26)3)22(4)30-10-14-34-15-11-30/h5-9,18-20,22H,10-17H2,1-4H3. The van der Waals surface area contributed by atoms with Crippen molar-refractivity contribution >= 4 is 17.2 Å². The van der Waals surface area contributed by atoms with Crippen LogP contribution in [0.15, 0.2) is 42.6 Å². The number of nitrogens with zero attached hydrogens (tertiary/aromatic N) is 3. The molecule has 2 aliphatic heterocycles. The van der Waals surface area contributed by atoms with Gasteiger partial charge >= 0.3 is 5.97 Å². The number of esters is 1. The first-order valence-corrected chi connectivity index (χ1v) is 13.0. The van der Waals surface area contributed by atoms with Gasteiger partial charge in [0.15, 0.2) is 0 Å². The zero-order valence-electron chi connectivity index (χ0n) is 21.8. The maximum Gasteiger partial charge on any atom is 0.338 e. The minimum absolute atomic E-state index is 0.128. The number of anilines is 1. The number of ether oxygens (including phenoxy) is 3. The highest BCUT2D eigenvalue weighted by molar-refractivity contribution is 5.95. The lowest BCUT2D eigenvalue weighted by molar-refractivity contribution is 0.0186. The molecule has 0 aliphatic carbocycles. The van der Waals surface area contributed by atoms with Gasteiger partial charge in [-0.15, -0.1) is 0 Å². The van der Waals surface area contributed by atoms with Crippen molar-refractivity contribution in [2.75, 3.05) is 57.5 Å². The van der Waals surface area contributed by atoms with Crippen molar-refractivity contribution in [3.8, 4) is 11.1 Å². The van der Waals surface area contributed by atoms with E-state index in [9.17, 15) is 4.79 Å². The van der Waals surface area contributed by atoms with Gasteiger partial charge in [0.1, 0.15) is 0 Å². The molecule has 2 aliphatic rings. The number of carbonyl (C=O) groups is 1. The molecule has 0 bridgehead atoms. The second kappa shape index (κ2) is 10.6. The lowest BCUT2D eigenvalue weighted by Crippen LogP contribution is -2.39. The summed E-state index contributed by atoms with van der Waals surface area (Å²) in [7, 11) is 0. The highest BCUT2D eigenvalue weighted by Gasteiger charge is 2.27. The Morgan fingerprint density at radius 3 is 2.33 bits per heavy atom. The van der Waals surface area contributed by atoms with Crippen molar-refractivity contribution in [1.82, 2.24) is 9.30 Å². The highest BCUT2D eigenvalue weighted by Crippen LogP contribution is 2.35. The molecule has 2 saturated heterocycles. The minimum Gasteiger partial charge on any atom is -0.459 e. The van der Waals surface area contributed by atoms with Crippen molar-refractivity contribution < 1.29 is 19.0 Å². The summed E-state index contributed by atoms with van der Waals surface area (Å²) >= 11 is 0. The first-order valence-electron chi connectivity index (χ1n) is 13.0. The zero-order valence-corrected chi connectivity index (χ0v) is 21.8. The molecule has 2 fully saturated rings. The highest BCUT2D eigenvalue weighted by atomic mass is 16.5. The predicted molar refractivity (Wildman–Crippen MR) is 142 cm³/mol. The van der Waals surface area contributed by atoms with Crippen LogP contribution < -0.4 is 4.90 Å². The van der Waals surface area contributed by atoms with E-state index in [-0.39, 0.29) is 18.1 Å². The molecule has 3 aromatic rings. The van der Waals surface area contributed by atoms with Crippen LogP contribution in [0.4, 0.5) is 5.69 Å². The lowest BCUT2D eigenvalue weighted by Gasteiger charge is -2.34. The molecular formula is C29H37N3O4. The van der Waals surface area contributed by atoms with E-state index in [0.717, 1.165) is 80.5 Å². The number of hydrogen-bond donors (Lipinski definition) is 0. The molecule has 5 rings (SSSR count). The molecule has 0 N–H and O–H groups in total. The number of fused-ring (bicyclic) bond motifs is 1. The average molecular weight is 492 g/mol. The first-order chi connectivity index (χ1) is 17.4. The second-order valence-corrected chi connectivity index (χ2v) is 9.98. The summed E-state index contributed by atoms with van der Waals surface area (Å²) in [4.78, 5) is 18.0. The molecule has 7 nitrogen and oxygen atoms in total. The van der Waals surface area contributed by atoms with Crippen LogP contribution in [0, 0.1) is 6.92 Å². The molecule has 192 valence electrons. The summed E-state index contributed by atoms with van der Waals surface area (Å²) in [6, 6.07) is 13.0. The van der Waals surface area contributed by atoms with Crippen LogP contribution in [0.25, 0.3) is 16.6 Å². The number of aromatic nitrogens is 1. The largest absolute Gasteiger partial charge is 0.459 e. The molecule has 4 heterocycles. The topological polar surface area (TPSA) is 55.6 Å². The van der Waals surface area contributed by atoms with Crippen LogP contribution >= 0.6 is 0 Å². The fourth-order valence-corrected chi connectivity index (χ4v) is 5.44. The molecule has 1 aromatic carbocycles.